The van der Waals surface area contributed by atoms with Gasteiger partial charge in [0.15, 0.2) is 0 Å². The quantitative estimate of drug-likeness (QED) is 0.829. The summed E-state index contributed by atoms with van der Waals surface area (Å²) in [6.07, 6.45) is 2.55. The number of hydrogen-bond acceptors (Lipinski definition) is 1. The average Bonchev–Trinajstić information content (AvgIpc) is 2.51. The van der Waals surface area contributed by atoms with E-state index in [0.717, 1.165) is 12.5 Å². The number of rotatable bonds is 2. The third-order valence-electron chi connectivity index (χ3n) is 2.65. The van der Waals surface area contributed by atoms with Gasteiger partial charge in [0.05, 0.1) is 5.69 Å². The summed E-state index contributed by atoms with van der Waals surface area (Å²) in [7, 11) is 0. The first-order valence-electron chi connectivity index (χ1n) is 4.85. The Kier molecular flexibility index (Phi) is 2.58. The van der Waals surface area contributed by atoms with Crippen molar-refractivity contribution < 1.29 is 0 Å². The second kappa shape index (κ2) is 3.70. The summed E-state index contributed by atoms with van der Waals surface area (Å²) in [5.41, 5.74) is 2.79. The average molecular weight is 240 g/mol. The van der Waals surface area contributed by atoms with E-state index in [-0.39, 0.29) is 0 Å². The molecule has 0 saturated heterocycles. The summed E-state index contributed by atoms with van der Waals surface area (Å²) in [5.74, 6) is 0.720. The zero-order chi connectivity index (χ0) is 9.26. The van der Waals surface area contributed by atoms with Crippen LogP contribution in [0.5, 0.6) is 0 Å². The third kappa shape index (κ3) is 1.60. The second-order valence-electron chi connectivity index (χ2n) is 3.57. The van der Waals surface area contributed by atoms with E-state index >= 15 is 0 Å². The first-order chi connectivity index (χ1) is 6.33. The lowest BCUT2D eigenvalue weighted by Gasteiger charge is -2.07. The largest absolute Gasteiger partial charge is 0.383 e. The molecule has 0 bridgehead atoms. The van der Waals surface area contributed by atoms with E-state index in [9.17, 15) is 0 Å². The highest BCUT2D eigenvalue weighted by Gasteiger charge is 2.22. The van der Waals surface area contributed by atoms with E-state index in [1.807, 2.05) is 0 Å². The lowest BCUT2D eigenvalue weighted by molar-refractivity contribution is 0.661. The van der Waals surface area contributed by atoms with Crippen LogP contribution in [-0.4, -0.2) is 6.54 Å². The van der Waals surface area contributed by atoms with Gasteiger partial charge in [-0.05, 0) is 34.0 Å². The fraction of sp³-hybridized carbons (Fsp3) is 0.455. The zero-order valence-corrected chi connectivity index (χ0v) is 9.39. The van der Waals surface area contributed by atoms with E-state index in [1.54, 1.807) is 0 Å². The van der Waals surface area contributed by atoms with Crippen LogP contribution in [0.3, 0.4) is 0 Å². The fourth-order valence-corrected chi connectivity index (χ4v) is 2.53. The van der Waals surface area contributed by atoms with Crippen molar-refractivity contribution in [1.82, 2.24) is 0 Å². The maximum absolute atomic E-state index is 3.56. The van der Waals surface area contributed by atoms with E-state index in [4.69, 9.17) is 0 Å². The van der Waals surface area contributed by atoms with Crippen molar-refractivity contribution >= 4 is 21.6 Å². The molecule has 0 aliphatic carbocycles. The van der Waals surface area contributed by atoms with Gasteiger partial charge in [0.25, 0.3) is 0 Å². The monoisotopic (exact) mass is 239 g/mol. The van der Waals surface area contributed by atoms with Crippen molar-refractivity contribution in [2.24, 2.45) is 0 Å². The standard InChI is InChI=1S/C11H14BrN/c1-2-4-8-7-13-11-9(8)5-3-6-10(11)12/h3,5-6,8,13H,2,4,7H2,1H3/t8-/m0/s1. The van der Waals surface area contributed by atoms with Crippen LogP contribution in [0.2, 0.25) is 0 Å². The third-order valence-corrected chi connectivity index (χ3v) is 3.31. The molecule has 0 radical (unpaired) electrons. The highest BCUT2D eigenvalue weighted by molar-refractivity contribution is 9.10. The molecule has 1 aliphatic rings. The molecule has 0 saturated carbocycles. The molecule has 0 spiro atoms. The van der Waals surface area contributed by atoms with Crippen LogP contribution in [0.4, 0.5) is 5.69 Å². The van der Waals surface area contributed by atoms with Crippen LogP contribution in [0.1, 0.15) is 31.2 Å². The van der Waals surface area contributed by atoms with Gasteiger partial charge in [-0.15, -0.1) is 0 Å². The van der Waals surface area contributed by atoms with Gasteiger partial charge in [-0.1, -0.05) is 25.5 Å². The summed E-state index contributed by atoms with van der Waals surface area (Å²) < 4.78 is 1.20. The number of fused-ring (bicyclic) bond motifs is 1. The maximum Gasteiger partial charge on any atom is 0.0520 e. The van der Waals surface area contributed by atoms with Crippen molar-refractivity contribution in [2.45, 2.75) is 25.7 Å². The molecule has 0 amide bonds. The van der Waals surface area contributed by atoms with Crippen LogP contribution in [0.25, 0.3) is 0 Å². The first kappa shape index (κ1) is 9.07. The Morgan fingerprint density at radius 2 is 2.38 bits per heavy atom. The van der Waals surface area contributed by atoms with Gasteiger partial charge in [-0.25, -0.2) is 0 Å². The molecule has 0 aromatic heterocycles. The molecule has 2 rings (SSSR count). The number of benzene rings is 1. The summed E-state index contributed by atoms with van der Waals surface area (Å²) in [5, 5.41) is 3.46. The van der Waals surface area contributed by atoms with Crippen LogP contribution < -0.4 is 5.32 Å². The van der Waals surface area contributed by atoms with E-state index in [1.165, 1.54) is 28.6 Å². The van der Waals surface area contributed by atoms with Gasteiger partial charge in [-0.2, -0.15) is 0 Å². The lowest BCUT2D eigenvalue weighted by Crippen LogP contribution is -2.00. The zero-order valence-electron chi connectivity index (χ0n) is 7.81. The van der Waals surface area contributed by atoms with Crippen molar-refractivity contribution in [3.63, 3.8) is 0 Å². The molecular formula is C11H14BrN. The van der Waals surface area contributed by atoms with Crippen LogP contribution >= 0.6 is 15.9 Å². The van der Waals surface area contributed by atoms with Gasteiger partial charge < -0.3 is 5.32 Å². The maximum atomic E-state index is 3.56. The van der Waals surface area contributed by atoms with Crippen molar-refractivity contribution in [3.05, 3.63) is 28.2 Å². The van der Waals surface area contributed by atoms with Gasteiger partial charge >= 0.3 is 0 Å². The first-order valence-corrected chi connectivity index (χ1v) is 5.64. The molecule has 2 heteroatoms. The number of hydrogen-bond donors (Lipinski definition) is 1. The summed E-state index contributed by atoms with van der Waals surface area (Å²) in [6, 6.07) is 6.46. The smallest absolute Gasteiger partial charge is 0.0520 e. The van der Waals surface area contributed by atoms with Gasteiger partial charge in [-0.3, -0.25) is 0 Å². The SMILES string of the molecule is CCC[C@H]1CNc2c(Br)cccc21. The van der Waals surface area contributed by atoms with E-state index in [0.29, 0.717) is 0 Å². The molecule has 0 unspecified atom stereocenters. The molecule has 1 atom stereocenters. The minimum Gasteiger partial charge on any atom is -0.383 e. The Labute approximate surface area is 87.7 Å². The summed E-state index contributed by atoms with van der Waals surface area (Å²) in [6.45, 7) is 3.35. The minimum atomic E-state index is 0.720. The molecule has 1 aromatic rings. The highest BCUT2D eigenvalue weighted by Crippen LogP contribution is 2.38. The van der Waals surface area contributed by atoms with Crippen LogP contribution in [0, 0.1) is 0 Å². The number of nitrogens with one attached hydrogen (secondary N) is 1. The van der Waals surface area contributed by atoms with E-state index < -0.39 is 0 Å². The molecule has 1 aromatic carbocycles. The molecular weight excluding hydrogens is 226 g/mol. The van der Waals surface area contributed by atoms with Crippen molar-refractivity contribution in [2.75, 3.05) is 11.9 Å². The molecule has 1 nitrogen and oxygen atoms in total. The number of halogens is 1. The van der Waals surface area contributed by atoms with Crippen molar-refractivity contribution in [1.29, 1.82) is 0 Å². The Bertz CT molecular complexity index is 309. The van der Waals surface area contributed by atoms with Crippen LogP contribution in [0.15, 0.2) is 22.7 Å². The molecule has 70 valence electrons. The normalized spacial score (nSPS) is 19.7. The Hall–Kier alpha value is -0.500. The highest BCUT2D eigenvalue weighted by atomic mass is 79.9. The lowest BCUT2D eigenvalue weighted by atomic mass is 9.97. The van der Waals surface area contributed by atoms with Gasteiger partial charge in [0, 0.05) is 16.9 Å². The molecule has 1 aliphatic heterocycles. The predicted molar refractivity (Wildman–Crippen MR) is 60.3 cm³/mol. The summed E-state index contributed by atoms with van der Waals surface area (Å²) >= 11 is 3.56. The Balaban J connectivity index is 2.32. The fourth-order valence-electron chi connectivity index (χ4n) is 2.01. The van der Waals surface area contributed by atoms with E-state index in [2.05, 4.69) is 46.4 Å². The van der Waals surface area contributed by atoms with Crippen molar-refractivity contribution in [3.8, 4) is 0 Å². The molecule has 1 N–H and O–H groups in total. The van der Waals surface area contributed by atoms with Gasteiger partial charge in [0.2, 0.25) is 0 Å². The predicted octanol–water partition coefficient (Wildman–Crippen LogP) is 3.76. The Morgan fingerprint density at radius 1 is 1.54 bits per heavy atom. The molecule has 13 heavy (non-hydrogen) atoms. The number of anilines is 1. The van der Waals surface area contributed by atoms with Crippen LogP contribution in [-0.2, 0) is 0 Å². The topological polar surface area (TPSA) is 12.0 Å². The molecule has 1 heterocycles. The Morgan fingerprint density at radius 3 is 3.15 bits per heavy atom. The second-order valence-corrected chi connectivity index (χ2v) is 4.42. The molecule has 0 fully saturated rings. The minimum absolute atomic E-state index is 0.720. The number of para-hydroxylation sites is 1. The van der Waals surface area contributed by atoms with Gasteiger partial charge in [0.1, 0.15) is 0 Å². The summed E-state index contributed by atoms with van der Waals surface area (Å²) in [4.78, 5) is 0.